The lowest BCUT2D eigenvalue weighted by atomic mass is 10.0. The molecule has 14 heteroatoms. The number of oxime groups is 1. The van der Waals surface area contributed by atoms with Crippen LogP contribution < -0.4 is 5.63 Å². The number of carbonyl (C=O) groups is 1. The molecule has 0 unspecified atom stereocenters. The van der Waals surface area contributed by atoms with Crippen molar-refractivity contribution in [3.05, 3.63) is 68.8 Å². The highest BCUT2D eigenvalue weighted by Crippen LogP contribution is 2.34. The van der Waals surface area contributed by atoms with Crippen LogP contribution in [0.2, 0.25) is 5.02 Å². The second-order valence-electron chi connectivity index (χ2n) is 7.06. The van der Waals surface area contributed by atoms with Crippen LogP contribution in [-0.4, -0.2) is 43.6 Å². The van der Waals surface area contributed by atoms with Gasteiger partial charge in [0.25, 0.3) is 0 Å². The number of halogens is 4. The van der Waals surface area contributed by atoms with Crippen LogP contribution in [-0.2, 0) is 15.8 Å². The number of aromatic nitrogens is 4. The van der Waals surface area contributed by atoms with Crippen LogP contribution in [0.5, 0.6) is 0 Å². The van der Waals surface area contributed by atoms with E-state index < -0.39 is 35.1 Å². The van der Waals surface area contributed by atoms with Crippen LogP contribution in [0.3, 0.4) is 0 Å². The minimum atomic E-state index is -4.82. The summed E-state index contributed by atoms with van der Waals surface area (Å²) >= 11 is 6.10. The molecular formula is C21H13ClF3N5O5. The zero-order valence-electron chi connectivity index (χ0n) is 17.8. The number of benzene rings is 1. The van der Waals surface area contributed by atoms with Gasteiger partial charge in [-0.15, -0.1) is 0 Å². The molecule has 0 spiro atoms. The van der Waals surface area contributed by atoms with Crippen molar-refractivity contribution in [3.63, 3.8) is 0 Å². The Morgan fingerprint density at radius 2 is 2.03 bits per heavy atom. The quantitative estimate of drug-likeness (QED) is 0.318. The first-order chi connectivity index (χ1) is 16.5. The molecule has 0 fully saturated rings. The van der Waals surface area contributed by atoms with Crippen molar-refractivity contribution < 1.29 is 32.3 Å². The number of hydrogen-bond acceptors (Lipinski definition) is 8. The number of hydrogen-bond donors (Lipinski definition) is 1. The van der Waals surface area contributed by atoms with Gasteiger partial charge >= 0.3 is 17.8 Å². The van der Waals surface area contributed by atoms with Gasteiger partial charge in [0.1, 0.15) is 12.8 Å². The van der Waals surface area contributed by atoms with Gasteiger partial charge in [-0.05, 0) is 36.8 Å². The molecule has 0 aliphatic heterocycles. The molecule has 0 saturated carbocycles. The number of carboxylic acid groups (broad SMARTS) is 1. The highest BCUT2D eigenvalue weighted by atomic mass is 35.5. The molecule has 3 aromatic heterocycles. The summed E-state index contributed by atoms with van der Waals surface area (Å²) in [4.78, 5) is 37.1. The molecule has 35 heavy (non-hydrogen) atoms. The van der Waals surface area contributed by atoms with Gasteiger partial charge in [-0.1, -0.05) is 16.8 Å². The predicted octanol–water partition coefficient (Wildman–Crippen LogP) is 3.85. The Hall–Kier alpha value is -4.26. The highest BCUT2D eigenvalue weighted by Gasteiger charge is 2.36. The van der Waals surface area contributed by atoms with E-state index in [-0.39, 0.29) is 33.0 Å². The Kier molecular flexibility index (Phi) is 6.03. The minimum absolute atomic E-state index is 0.00633. The number of carboxylic acids is 1. The van der Waals surface area contributed by atoms with E-state index >= 15 is 0 Å². The third-order valence-electron chi connectivity index (χ3n) is 4.74. The van der Waals surface area contributed by atoms with Crippen molar-refractivity contribution in [1.29, 1.82) is 0 Å². The first-order valence-corrected chi connectivity index (χ1v) is 9.98. The Labute approximate surface area is 198 Å². The molecule has 0 bridgehead atoms. The van der Waals surface area contributed by atoms with Crippen molar-refractivity contribution in [2.45, 2.75) is 13.1 Å². The normalized spacial score (nSPS) is 12.2. The number of aliphatic carboxylic acids is 1. The van der Waals surface area contributed by atoms with Gasteiger partial charge in [-0.25, -0.2) is 24.2 Å². The molecule has 0 saturated heterocycles. The van der Waals surface area contributed by atoms with Crippen molar-refractivity contribution in [2.24, 2.45) is 5.16 Å². The van der Waals surface area contributed by atoms with E-state index in [0.717, 1.165) is 11.8 Å². The molecule has 1 aromatic carbocycles. The van der Waals surface area contributed by atoms with Gasteiger partial charge in [-0.3, -0.25) is 0 Å². The summed E-state index contributed by atoms with van der Waals surface area (Å²) in [6.07, 6.45) is -3.52. The number of fused-ring (bicyclic) bond motifs is 1. The summed E-state index contributed by atoms with van der Waals surface area (Å²) in [6, 6.07) is 6.11. The van der Waals surface area contributed by atoms with E-state index in [4.69, 9.17) is 16.0 Å². The van der Waals surface area contributed by atoms with Gasteiger partial charge in [-0.2, -0.15) is 18.3 Å². The summed E-state index contributed by atoms with van der Waals surface area (Å²) in [5.74, 6) is -2.03. The van der Waals surface area contributed by atoms with Crippen LogP contribution in [0, 0.1) is 6.92 Å². The average molecular weight is 508 g/mol. The molecule has 0 atom stereocenters. The zero-order chi connectivity index (χ0) is 25.5. The van der Waals surface area contributed by atoms with Gasteiger partial charge < -0.3 is 14.4 Å². The molecular weight excluding hydrogens is 495 g/mol. The van der Waals surface area contributed by atoms with Crippen LogP contribution in [0.4, 0.5) is 13.2 Å². The Morgan fingerprint density at radius 3 is 2.66 bits per heavy atom. The second-order valence-corrected chi connectivity index (χ2v) is 7.46. The SMILES string of the molecule is CO/N=C(/C(=O)O)c1cc(C)c2nc(-c3cc(C(F)(F)F)nn3-c3ncccc3Cl)oc(=O)c2c1. The summed E-state index contributed by atoms with van der Waals surface area (Å²) < 4.78 is 46.3. The molecule has 0 aliphatic rings. The maximum Gasteiger partial charge on any atom is 0.435 e. The summed E-state index contributed by atoms with van der Waals surface area (Å²) in [7, 11) is 1.16. The van der Waals surface area contributed by atoms with Crippen LogP contribution in [0.25, 0.3) is 28.3 Å². The predicted molar refractivity (Wildman–Crippen MR) is 117 cm³/mol. The number of pyridine rings is 1. The summed E-state index contributed by atoms with van der Waals surface area (Å²) in [6.45, 7) is 1.53. The Balaban J connectivity index is 1.97. The largest absolute Gasteiger partial charge is 0.476 e. The van der Waals surface area contributed by atoms with Crippen LogP contribution >= 0.6 is 11.6 Å². The van der Waals surface area contributed by atoms with Crippen molar-refractivity contribution in [1.82, 2.24) is 19.7 Å². The molecule has 0 radical (unpaired) electrons. The molecule has 4 rings (SSSR count). The average Bonchev–Trinajstić information content (AvgIpc) is 3.24. The van der Waals surface area contributed by atoms with E-state index in [1.807, 2.05) is 0 Å². The standard InChI is InChI=1S/C21H13ClF3N5O5/c1-9-6-10(16(19(31)32)29-34-2)7-11-15(9)27-18(35-20(11)33)13-8-14(21(23,24)25)28-30(13)17-12(22)4-3-5-26-17/h3-8H,1-2H3,(H,31,32)/b29-16+. The fraction of sp³-hybridized carbons (Fsp3) is 0.143. The van der Waals surface area contributed by atoms with Crippen molar-refractivity contribution >= 4 is 34.2 Å². The maximum atomic E-state index is 13.4. The van der Waals surface area contributed by atoms with E-state index in [2.05, 4.69) is 25.1 Å². The molecule has 0 aliphatic carbocycles. The summed E-state index contributed by atoms with van der Waals surface area (Å²) in [5, 5.41) is 16.2. The number of rotatable bonds is 5. The molecule has 4 aromatic rings. The smallest absolute Gasteiger partial charge is 0.435 e. The monoisotopic (exact) mass is 507 g/mol. The third kappa shape index (κ3) is 4.45. The Bertz CT molecular complexity index is 1560. The maximum absolute atomic E-state index is 13.4. The highest BCUT2D eigenvalue weighted by molar-refractivity contribution is 6.42. The lowest BCUT2D eigenvalue weighted by Crippen LogP contribution is -2.16. The molecule has 1 N–H and O–H groups in total. The number of alkyl halides is 3. The minimum Gasteiger partial charge on any atom is -0.476 e. The number of nitrogens with zero attached hydrogens (tertiary/aromatic N) is 5. The molecule has 0 amide bonds. The summed E-state index contributed by atoms with van der Waals surface area (Å²) in [5.41, 5.74) is -2.63. The molecule has 3 heterocycles. The first kappa shape index (κ1) is 23.9. The van der Waals surface area contributed by atoms with Gasteiger partial charge in [0.2, 0.25) is 5.89 Å². The number of aryl methyl sites for hydroxylation is 1. The lowest BCUT2D eigenvalue weighted by Gasteiger charge is -2.09. The van der Waals surface area contributed by atoms with Crippen molar-refractivity contribution in [2.75, 3.05) is 7.11 Å². The van der Waals surface area contributed by atoms with Gasteiger partial charge in [0.05, 0.1) is 15.9 Å². The fourth-order valence-corrected chi connectivity index (χ4v) is 3.47. The molecule has 180 valence electrons. The van der Waals surface area contributed by atoms with E-state index in [1.165, 1.54) is 37.4 Å². The zero-order valence-corrected chi connectivity index (χ0v) is 18.5. The Morgan fingerprint density at radius 1 is 1.29 bits per heavy atom. The third-order valence-corrected chi connectivity index (χ3v) is 5.04. The van der Waals surface area contributed by atoms with E-state index in [9.17, 15) is 27.9 Å². The topological polar surface area (TPSA) is 133 Å². The first-order valence-electron chi connectivity index (χ1n) is 9.60. The van der Waals surface area contributed by atoms with Crippen LogP contribution in [0.15, 0.2) is 50.9 Å². The van der Waals surface area contributed by atoms with Crippen molar-refractivity contribution in [3.8, 4) is 17.4 Å². The van der Waals surface area contributed by atoms with E-state index in [1.54, 1.807) is 0 Å². The fourth-order valence-electron chi connectivity index (χ4n) is 3.27. The van der Waals surface area contributed by atoms with E-state index in [0.29, 0.717) is 11.6 Å². The second kappa shape index (κ2) is 8.83. The van der Waals surface area contributed by atoms with Gasteiger partial charge in [0.15, 0.2) is 17.2 Å². The van der Waals surface area contributed by atoms with Crippen LogP contribution in [0.1, 0.15) is 16.8 Å². The van der Waals surface area contributed by atoms with Gasteiger partial charge in [0, 0.05) is 17.8 Å². The lowest BCUT2D eigenvalue weighted by molar-refractivity contribution is -0.141. The molecule has 10 nitrogen and oxygen atoms in total.